The number of ether oxygens (including phenoxy) is 1. The maximum Gasteiger partial charge on any atom is 0.344 e. The summed E-state index contributed by atoms with van der Waals surface area (Å²) in [4.78, 5) is 23.6. The van der Waals surface area contributed by atoms with Crippen LogP contribution in [-0.4, -0.2) is 36.3 Å². The monoisotopic (exact) mass is 297 g/mol. The standard InChI is InChI=1S/C10H15N7O2S/c1-4-19-7-12-6(11)13-8(14-7)20-10-16-15-9(18)17(10)5(2)3/h5H,4H2,1-3H3,(H,15,18)(H2,11,12,13,14). The Balaban J connectivity index is 2.32. The number of aromatic amines is 1. The first-order valence-corrected chi connectivity index (χ1v) is 6.82. The Labute approximate surface area is 119 Å². The summed E-state index contributed by atoms with van der Waals surface area (Å²) in [6.45, 7) is 6.01. The third-order valence-corrected chi connectivity index (χ3v) is 3.09. The second-order valence-electron chi connectivity index (χ2n) is 4.07. The fraction of sp³-hybridized carbons (Fsp3) is 0.500. The van der Waals surface area contributed by atoms with Crippen LogP contribution in [0.5, 0.6) is 6.01 Å². The molecule has 0 aliphatic rings. The highest BCUT2D eigenvalue weighted by molar-refractivity contribution is 7.99. The molecule has 2 aromatic rings. The van der Waals surface area contributed by atoms with Crippen LogP contribution in [0.3, 0.4) is 0 Å². The Bertz CT molecular complexity index is 651. The zero-order chi connectivity index (χ0) is 14.7. The van der Waals surface area contributed by atoms with Gasteiger partial charge in [-0.2, -0.15) is 15.0 Å². The van der Waals surface area contributed by atoms with E-state index in [1.807, 2.05) is 20.8 Å². The van der Waals surface area contributed by atoms with Crippen molar-refractivity contribution in [2.45, 2.75) is 37.1 Å². The van der Waals surface area contributed by atoms with Crippen molar-refractivity contribution in [2.75, 3.05) is 12.3 Å². The van der Waals surface area contributed by atoms with E-state index in [1.54, 1.807) is 0 Å². The van der Waals surface area contributed by atoms with E-state index >= 15 is 0 Å². The van der Waals surface area contributed by atoms with E-state index in [9.17, 15) is 4.79 Å². The first-order valence-electron chi connectivity index (χ1n) is 6.00. The molecule has 0 amide bonds. The first kappa shape index (κ1) is 14.3. The van der Waals surface area contributed by atoms with Crippen LogP contribution in [0.2, 0.25) is 0 Å². The molecule has 0 saturated carbocycles. The third-order valence-electron chi connectivity index (χ3n) is 2.26. The fourth-order valence-corrected chi connectivity index (χ4v) is 2.40. The molecule has 2 rings (SSSR count). The van der Waals surface area contributed by atoms with E-state index in [0.717, 1.165) is 11.8 Å². The van der Waals surface area contributed by atoms with Gasteiger partial charge in [-0.3, -0.25) is 4.57 Å². The van der Waals surface area contributed by atoms with Gasteiger partial charge in [-0.25, -0.2) is 9.89 Å². The minimum atomic E-state index is -0.283. The normalized spacial score (nSPS) is 11.0. The number of hydrogen-bond donors (Lipinski definition) is 2. The van der Waals surface area contributed by atoms with Crippen LogP contribution in [0.25, 0.3) is 0 Å². The summed E-state index contributed by atoms with van der Waals surface area (Å²) in [6, 6.07) is 0.116. The van der Waals surface area contributed by atoms with E-state index < -0.39 is 0 Å². The highest BCUT2D eigenvalue weighted by atomic mass is 32.2. The van der Waals surface area contributed by atoms with Gasteiger partial charge in [-0.15, -0.1) is 5.10 Å². The Morgan fingerprint density at radius 1 is 1.40 bits per heavy atom. The molecule has 0 fully saturated rings. The molecule has 20 heavy (non-hydrogen) atoms. The molecule has 0 atom stereocenters. The van der Waals surface area contributed by atoms with E-state index in [-0.39, 0.29) is 23.7 Å². The number of rotatable bonds is 5. The van der Waals surface area contributed by atoms with Crippen molar-refractivity contribution in [1.29, 1.82) is 0 Å². The number of anilines is 1. The number of nitrogens with two attached hydrogens (primary N) is 1. The Hall–Kier alpha value is -2.10. The quantitative estimate of drug-likeness (QED) is 0.816. The second-order valence-corrected chi connectivity index (χ2v) is 5.00. The molecule has 0 aliphatic heterocycles. The van der Waals surface area contributed by atoms with Gasteiger partial charge in [0.05, 0.1) is 6.61 Å². The average Bonchev–Trinajstić information content (AvgIpc) is 2.70. The zero-order valence-corrected chi connectivity index (χ0v) is 12.1. The summed E-state index contributed by atoms with van der Waals surface area (Å²) in [6.07, 6.45) is 0. The molecule has 3 N–H and O–H groups in total. The van der Waals surface area contributed by atoms with E-state index in [0.29, 0.717) is 16.9 Å². The van der Waals surface area contributed by atoms with Crippen LogP contribution in [0, 0.1) is 0 Å². The highest BCUT2D eigenvalue weighted by Gasteiger charge is 2.15. The molecular weight excluding hydrogens is 282 g/mol. The molecule has 0 unspecified atom stereocenters. The summed E-state index contributed by atoms with van der Waals surface area (Å²) >= 11 is 1.12. The largest absolute Gasteiger partial charge is 0.464 e. The van der Waals surface area contributed by atoms with Crippen LogP contribution in [0.4, 0.5) is 5.95 Å². The summed E-state index contributed by atoms with van der Waals surface area (Å²) < 4.78 is 6.70. The van der Waals surface area contributed by atoms with Crippen LogP contribution in [0.1, 0.15) is 26.8 Å². The van der Waals surface area contributed by atoms with Gasteiger partial charge in [0.25, 0.3) is 0 Å². The summed E-state index contributed by atoms with van der Waals surface area (Å²) in [5.41, 5.74) is 5.31. The molecule has 2 heterocycles. The highest BCUT2D eigenvalue weighted by Crippen LogP contribution is 2.24. The van der Waals surface area contributed by atoms with Crippen molar-refractivity contribution in [2.24, 2.45) is 0 Å². The topological polar surface area (TPSA) is 125 Å². The third kappa shape index (κ3) is 3.07. The SMILES string of the molecule is CCOc1nc(N)nc(Sc2n[nH]c(=O)n2C(C)C)n1. The Morgan fingerprint density at radius 3 is 2.80 bits per heavy atom. The zero-order valence-electron chi connectivity index (χ0n) is 11.3. The smallest absolute Gasteiger partial charge is 0.344 e. The van der Waals surface area contributed by atoms with Crippen molar-refractivity contribution >= 4 is 17.7 Å². The number of aromatic nitrogens is 6. The molecule has 108 valence electrons. The van der Waals surface area contributed by atoms with Crippen molar-refractivity contribution < 1.29 is 4.74 Å². The predicted octanol–water partition coefficient (Wildman–Crippen LogP) is 0.469. The van der Waals surface area contributed by atoms with E-state index in [1.165, 1.54) is 4.57 Å². The minimum absolute atomic E-state index is 0.0331. The van der Waals surface area contributed by atoms with Gasteiger partial charge < -0.3 is 10.5 Å². The molecule has 0 radical (unpaired) electrons. The Kier molecular flexibility index (Phi) is 4.23. The lowest BCUT2D eigenvalue weighted by atomic mass is 10.4. The molecule has 0 bridgehead atoms. The van der Waals surface area contributed by atoms with Crippen LogP contribution < -0.4 is 16.2 Å². The van der Waals surface area contributed by atoms with Crippen molar-refractivity contribution in [3.63, 3.8) is 0 Å². The molecule has 10 heteroatoms. The maximum absolute atomic E-state index is 11.6. The van der Waals surface area contributed by atoms with Gasteiger partial charge in [0.15, 0.2) is 5.16 Å². The van der Waals surface area contributed by atoms with Crippen LogP contribution in [-0.2, 0) is 0 Å². The molecule has 2 aromatic heterocycles. The van der Waals surface area contributed by atoms with Gasteiger partial charge in [-0.1, -0.05) is 0 Å². The van der Waals surface area contributed by atoms with E-state index in [4.69, 9.17) is 10.5 Å². The van der Waals surface area contributed by atoms with Gasteiger partial charge >= 0.3 is 11.7 Å². The molecule has 0 saturated heterocycles. The first-order chi connectivity index (χ1) is 9.51. The molecule has 0 spiro atoms. The lowest BCUT2D eigenvalue weighted by Gasteiger charge is -2.08. The summed E-state index contributed by atoms with van der Waals surface area (Å²) in [5, 5.41) is 7.12. The number of hydrogen-bond acceptors (Lipinski definition) is 8. The average molecular weight is 297 g/mol. The van der Waals surface area contributed by atoms with Gasteiger partial charge in [0.1, 0.15) is 0 Å². The van der Waals surface area contributed by atoms with Gasteiger partial charge in [-0.05, 0) is 32.5 Å². The minimum Gasteiger partial charge on any atom is -0.464 e. The lowest BCUT2D eigenvalue weighted by Crippen LogP contribution is -2.19. The molecular formula is C10H15N7O2S. The maximum atomic E-state index is 11.6. The molecule has 0 aromatic carbocycles. The van der Waals surface area contributed by atoms with Crippen molar-refractivity contribution in [1.82, 2.24) is 29.7 Å². The number of H-pyrrole nitrogens is 1. The van der Waals surface area contributed by atoms with Gasteiger partial charge in [0.2, 0.25) is 11.1 Å². The fourth-order valence-electron chi connectivity index (χ4n) is 1.49. The van der Waals surface area contributed by atoms with Crippen LogP contribution >= 0.6 is 11.8 Å². The predicted molar refractivity (Wildman–Crippen MR) is 72.8 cm³/mol. The number of nitrogens with zero attached hydrogens (tertiary/aromatic N) is 5. The lowest BCUT2D eigenvalue weighted by molar-refractivity contribution is 0.308. The Morgan fingerprint density at radius 2 is 2.15 bits per heavy atom. The van der Waals surface area contributed by atoms with Crippen LogP contribution in [0.15, 0.2) is 15.1 Å². The van der Waals surface area contributed by atoms with Crippen molar-refractivity contribution in [3.05, 3.63) is 10.5 Å². The second kappa shape index (κ2) is 5.90. The molecule has 9 nitrogen and oxygen atoms in total. The molecule has 0 aliphatic carbocycles. The summed E-state index contributed by atoms with van der Waals surface area (Å²) in [7, 11) is 0. The number of nitrogen functional groups attached to an aromatic ring is 1. The van der Waals surface area contributed by atoms with E-state index in [2.05, 4.69) is 25.1 Å². The summed E-state index contributed by atoms with van der Waals surface area (Å²) in [5.74, 6) is 0.0555. The van der Waals surface area contributed by atoms with Crippen molar-refractivity contribution in [3.8, 4) is 6.01 Å². The number of nitrogens with one attached hydrogen (secondary N) is 1. The van der Waals surface area contributed by atoms with Gasteiger partial charge in [0, 0.05) is 6.04 Å².